The molecule has 0 unspecified atom stereocenters. The number of ether oxygens (including phenoxy) is 1. The van der Waals surface area contributed by atoms with E-state index in [4.69, 9.17) is 16.3 Å². The number of sulfonamides is 1. The van der Waals surface area contributed by atoms with E-state index < -0.39 is 46.3 Å². The topological polar surface area (TPSA) is 80.3 Å². The highest BCUT2D eigenvalue weighted by atomic mass is 35.5. The lowest BCUT2D eigenvalue weighted by Crippen LogP contribution is -2.51. The summed E-state index contributed by atoms with van der Waals surface area (Å²) in [6, 6.07) is 3.37. The Hall–Kier alpha value is -1.66. The quantitative estimate of drug-likeness (QED) is 0.480. The van der Waals surface area contributed by atoms with Gasteiger partial charge >= 0.3 is 0 Å². The van der Waals surface area contributed by atoms with Gasteiger partial charge in [-0.05, 0) is 30.2 Å². The third-order valence-corrected chi connectivity index (χ3v) is 5.24. The smallest absolute Gasteiger partial charge is 0.277 e. The van der Waals surface area contributed by atoms with Crippen LogP contribution in [-0.4, -0.2) is 44.2 Å². The maximum absolute atomic E-state index is 14.9. The summed E-state index contributed by atoms with van der Waals surface area (Å²) < 4.78 is 86.3. The normalized spacial score (nSPS) is 20.6. The molecule has 30 heavy (non-hydrogen) atoms. The molecular formula is C17H17Cl2F4N3O3S. The molecule has 2 atom stereocenters. The Morgan fingerprint density at radius 3 is 2.67 bits per heavy atom. The summed E-state index contributed by atoms with van der Waals surface area (Å²) in [5.41, 5.74) is -0.00877. The first-order valence-electron chi connectivity index (χ1n) is 8.32. The molecule has 1 aromatic heterocycles. The van der Waals surface area contributed by atoms with Gasteiger partial charge in [0.2, 0.25) is 21.9 Å². The van der Waals surface area contributed by atoms with Crippen LogP contribution in [0.15, 0.2) is 30.3 Å². The molecule has 2 N–H and O–H groups in total. The summed E-state index contributed by atoms with van der Waals surface area (Å²) in [5, 5.41) is 2.46. The van der Waals surface area contributed by atoms with Gasteiger partial charge < -0.3 is 10.1 Å². The molecule has 3 rings (SSSR count). The summed E-state index contributed by atoms with van der Waals surface area (Å²) in [6.45, 7) is -0.758. The Kier molecular flexibility index (Phi) is 7.57. The molecule has 1 fully saturated rings. The fraction of sp³-hybridized carbons (Fsp3) is 0.353. The van der Waals surface area contributed by atoms with Gasteiger partial charge in [0.1, 0.15) is 11.1 Å². The van der Waals surface area contributed by atoms with Gasteiger partial charge in [-0.1, -0.05) is 23.7 Å². The van der Waals surface area contributed by atoms with E-state index in [1.807, 2.05) is 4.72 Å². The van der Waals surface area contributed by atoms with Gasteiger partial charge in [-0.2, -0.15) is 9.37 Å². The Morgan fingerprint density at radius 2 is 2.00 bits per heavy atom. The number of pyridine rings is 1. The van der Waals surface area contributed by atoms with Crippen molar-refractivity contribution in [2.24, 2.45) is 0 Å². The monoisotopic (exact) mass is 489 g/mol. The number of benzene rings is 1. The molecule has 13 heteroatoms. The molecule has 1 aliphatic heterocycles. The van der Waals surface area contributed by atoms with Gasteiger partial charge in [-0.3, -0.25) is 0 Å². The molecule has 0 saturated carbocycles. The van der Waals surface area contributed by atoms with Crippen LogP contribution in [0.3, 0.4) is 0 Å². The van der Waals surface area contributed by atoms with E-state index in [-0.39, 0.29) is 41.0 Å². The van der Waals surface area contributed by atoms with Crippen LogP contribution >= 0.6 is 24.0 Å². The standard InChI is InChI=1S/C17H16ClF4N3O3S.ClH/c1-29(26,27)25-15-11(23-8-17(15,21)22)7-9-3-2-4-12(14(9)20)28-16-10(18)5-6-13(19)24-16;/h2-6,11,15,23,25H,7-8H2,1H3;1H/t11-,15+;/m0./s1. The van der Waals surface area contributed by atoms with Crippen LogP contribution in [0.5, 0.6) is 11.6 Å². The van der Waals surface area contributed by atoms with Crippen molar-refractivity contribution in [1.82, 2.24) is 15.0 Å². The zero-order valence-corrected chi connectivity index (χ0v) is 17.7. The van der Waals surface area contributed by atoms with Gasteiger partial charge in [0, 0.05) is 6.04 Å². The van der Waals surface area contributed by atoms with Gasteiger partial charge in [-0.15, -0.1) is 12.4 Å². The minimum atomic E-state index is -3.92. The van der Waals surface area contributed by atoms with Crippen molar-refractivity contribution in [3.63, 3.8) is 0 Å². The molecule has 6 nitrogen and oxygen atoms in total. The Balaban J connectivity index is 0.00000320. The molecule has 0 bridgehead atoms. The second-order valence-corrected chi connectivity index (χ2v) is 8.76. The molecule has 1 saturated heterocycles. The third kappa shape index (κ3) is 5.73. The van der Waals surface area contributed by atoms with E-state index in [0.717, 1.165) is 12.3 Å². The van der Waals surface area contributed by atoms with Crippen LogP contribution < -0.4 is 14.8 Å². The molecule has 1 aromatic carbocycles. The fourth-order valence-corrected chi connectivity index (χ4v) is 3.93. The second-order valence-electron chi connectivity index (χ2n) is 6.57. The fourth-order valence-electron chi connectivity index (χ4n) is 2.98. The van der Waals surface area contributed by atoms with E-state index in [0.29, 0.717) is 0 Å². The largest absolute Gasteiger partial charge is 0.434 e. The molecule has 166 valence electrons. The van der Waals surface area contributed by atoms with Crippen molar-refractivity contribution in [3.05, 3.63) is 52.7 Å². The minimum absolute atomic E-state index is 0. The Morgan fingerprint density at radius 1 is 1.30 bits per heavy atom. The van der Waals surface area contributed by atoms with Crippen molar-refractivity contribution in [1.29, 1.82) is 0 Å². The first-order valence-corrected chi connectivity index (χ1v) is 10.6. The first-order chi connectivity index (χ1) is 13.5. The molecular weight excluding hydrogens is 473 g/mol. The highest BCUT2D eigenvalue weighted by Crippen LogP contribution is 2.33. The third-order valence-electron chi connectivity index (χ3n) is 4.27. The Labute approximate surface area is 181 Å². The lowest BCUT2D eigenvalue weighted by atomic mass is 9.99. The van der Waals surface area contributed by atoms with E-state index in [1.54, 1.807) is 0 Å². The predicted molar refractivity (Wildman–Crippen MR) is 105 cm³/mol. The van der Waals surface area contributed by atoms with Gasteiger partial charge in [0.25, 0.3) is 5.92 Å². The molecule has 0 spiro atoms. The predicted octanol–water partition coefficient (Wildman–Crippen LogP) is 3.29. The van der Waals surface area contributed by atoms with Crippen molar-refractivity contribution >= 4 is 34.0 Å². The molecule has 2 aromatic rings. The molecule has 1 aliphatic rings. The number of rotatable bonds is 6. The summed E-state index contributed by atoms with van der Waals surface area (Å²) in [7, 11) is -3.92. The first kappa shape index (κ1) is 24.6. The summed E-state index contributed by atoms with van der Waals surface area (Å²) in [5.74, 6) is -5.81. The van der Waals surface area contributed by atoms with Crippen LogP contribution in [-0.2, 0) is 16.4 Å². The number of alkyl halides is 2. The van der Waals surface area contributed by atoms with Crippen LogP contribution in [0.25, 0.3) is 0 Å². The number of hydrogen-bond acceptors (Lipinski definition) is 5. The summed E-state index contributed by atoms with van der Waals surface area (Å²) in [4.78, 5) is 3.44. The molecule has 0 aliphatic carbocycles. The van der Waals surface area contributed by atoms with Crippen LogP contribution in [0, 0.1) is 11.8 Å². The Bertz CT molecular complexity index is 1030. The number of halogens is 6. The second kappa shape index (κ2) is 9.23. The highest BCUT2D eigenvalue weighted by molar-refractivity contribution is 7.88. The van der Waals surface area contributed by atoms with E-state index in [9.17, 15) is 26.0 Å². The summed E-state index contributed by atoms with van der Waals surface area (Å²) in [6.07, 6.45) is 0.513. The van der Waals surface area contributed by atoms with E-state index in [1.165, 1.54) is 24.3 Å². The lowest BCUT2D eigenvalue weighted by Gasteiger charge is -2.24. The number of nitrogens with zero attached hydrogens (tertiary/aromatic N) is 1. The van der Waals surface area contributed by atoms with Gasteiger partial charge in [-0.25, -0.2) is 26.3 Å². The van der Waals surface area contributed by atoms with Crippen molar-refractivity contribution in [2.45, 2.75) is 24.4 Å². The zero-order valence-electron chi connectivity index (χ0n) is 15.3. The maximum Gasteiger partial charge on any atom is 0.277 e. The number of aromatic nitrogens is 1. The van der Waals surface area contributed by atoms with Crippen molar-refractivity contribution in [2.75, 3.05) is 12.8 Å². The summed E-state index contributed by atoms with van der Waals surface area (Å²) >= 11 is 5.85. The van der Waals surface area contributed by atoms with E-state index >= 15 is 0 Å². The van der Waals surface area contributed by atoms with Crippen LogP contribution in [0.4, 0.5) is 17.6 Å². The van der Waals surface area contributed by atoms with Gasteiger partial charge in [0.05, 0.1) is 12.8 Å². The van der Waals surface area contributed by atoms with Crippen molar-refractivity contribution < 1.29 is 30.7 Å². The van der Waals surface area contributed by atoms with Crippen LogP contribution in [0.2, 0.25) is 5.02 Å². The number of hydrogen-bond donors (Lipinski definition) is 2. The number of nitrogens with one attached hydrogen (secondary N) is 2. The average Bonchev–Trinajstić information content (AvgIpc) is 2.88. The average molecular weight is 490 g/mol. The zero-order chi connectivity index (χ0) is 21.4. The van der Waals surface area contributed by atoms with E-state index in [2.05, 4.69) is 10.3 Å². The van der Waals surface area contributed by atoms with Gasteiger partial charge in [0.15, 0.2) is 11.6 Å². The van der Waals surface area contributed by atoms with Crippen molar-refractivity contribution in [3.8, 4) is 11.6 Å². The lowest BCUT2D eigenvalue weighted by molar-refractivity contribution is -0.000842. The SMILES string of the molecule is CS(=O)(=O)N[C@@H]1[C@H](Cc2cccc(Oc3nc(F)ccc3Cl)c2F)NCC1(F)F.Cl. The molecule has 0 radical (unpaired) electrons. The maximum atomic E-state index is 14.9. The highest BCUT2D eigenvalue weighted by Gasteiger charge is 2.51. The minimum Gasteiger partial charge on any atom is -0.434 e. The molecule has 2 heterocycles. The van der Waals surface area contributed by atoms with Crippen LogP contribution in [0.1, 0.15) is 5.56 Å². The molecule has 0 amide bonds.